The third-order valence-corrected chi connectivity index (χ3v) is 7.43. The van der Waals surface area contributed by atoms with Crippen LogP contribution in [0.1, 0.15) is 42.6 Å². The molecule has 1 heterocycles. The molecule has 3 aromatic carbocycles. The van der Waals surface area contributed by atoms with Crippen LogP contribution in [0.15, 0.2) is 78.9 Å². The first-order valence-corrected chi connectivity index (χ1v) is 14.5. The lowest BCUT2D eigenvalue weighted by molar-refractivity contribution is -0.128. The highest BCUT2D eigenvalue weighted by molar-refractivity contribution is 5.98. The third-order valence-electron chi connectivity index (χ3n) is 7.43. The van der Waals surface area contributed by atoms with Gasteiger partial charge in [0.1, 0.15) is 17.9 Å². The van der Waals surface area contributed by atoms with E-state index in [-0.39, 0.29) is 24.8 Å². The van der Waals surface area contributed by atoms with E-state index in [1.54, 1.807) is 38.1 Å². The zero-order valence-electron chi connectivity index (χ0n) is 24.3. The van der Waals surface area contributed by atoms with Gasteiger partial charge in [-0.05, 0) is 67.6 Å². The van der Waals surface area contributed by atoms with Crippen molar-refractivity contribution in [2.75, 3.05) is 6.54 Å². The van der Waals surface area contributed by atoms with Crippen LogP contribution in [0.25, 0.3) is 11.1 Å². The highest BCUT2D eigenvalue weighted by Crippen LogP contribution is 2.20. The Balaban J connectivity index is 1.55. The Morgan fingerprint density at radius 2 is 1.53 bits per heavy atom. The molecular formula is C33H38FN5O4. The molecule has 0 bridgehead atoms. The molecule has 1 saturated heterocycles. The van der Waals surface area contributed by atoms with Gasteiger partial charge in [-0.3, -0.25) is 19.2 Å². The van der Waals surface area contributed by atoms with Crippen LogP contribution in [0.4, 0.5) is 4.39 Å². The molecule has 0 saturated carbocycles. The lowest BCUT2D eigenvalue weighted by Crippen LogP contribution is -2.60. The smallest absolute Gasteiger partial charge is 0.251 e. The molecule has 43 heavy (non-hydrogen) atoms. The second-order valence-corrected chi connectivity index (χ2v) is 11.1. The van der Waals surface area contributed by atoms with E-state index in [4.69, 9.17) is 5.73 Å². The summed E-state index contributed by atoms with van der Waals surface area (Å²) in [5, 5.41) is 11.2. The van der Waals surface area contributed by atoms with Gasteiger partial charge in [-0.1, -0.05) is 54.6 Å². The molecule has 0 radical (unpaired) electrons. The Hall–Kier alpha value is -4.57. The maximum atomic E-state index is 13.7. The van der Waals surface area contributed by atoms with Gasteiger partial charge in [0.2, 0.25) is 17.7 Å². The van der Waals surface area contributed by atoms with Gasteiger partial charge < -0.3 is 27.0 Å². The van der Waals surface area contributed by atoms with E-state index in [2.05, 4.69) is 21.3 Å². The van der Waals surface area contributed by atoms with Crippen LogP contribution < -0.4 is 27.0 Å². The molecule has 9 nitrogen and oxygen atoms in total. The molecule has 4 rings (SSSR count). The summed E-state index contributed by atoms with van der Waals surface area (Å²) < 4.78 is 13.6. The summed E-state index contributed by atoms with van der Waals surface area (Å²) >= 11 is 0. The maximum absolute atomic E-state index is 13.7. The summed E-state index contributed by atoms with van der Waals surface area (Å²) in [7, 11) is 0. The second-order valence-electron chi connectivity index (χ2n) is 11.1. The minimum atomic E-state index is -1.13. The lowest BCUT2D eigenvalue weighted by atomic mass is 9.93. The number of halogens is 1. The molecule has 1 aliphatic rings. The Labute approximate surface area is 250 Å². The Morgan fingerprint density at radius 3 is 2.14 bits per heavy atom. The van der Waals surface area contributed by atoms with E-state index in [0.29, 0.717) is 24.1 Å². The highest BCUT2D eigenvalue weighted by Gasteiger charge is 2.35. The standard InChI is InChI=1S/C33H38FN5O4/c1-20(2)37-33(43)29(35)27(19-25-16-17-36-30(25)40)38-32(42)28(18-21-8-14-26(34)15-9-21)39-31(41)24-12-10-23(11-13-24)22-6-4-3-5-7-22/h3-15,20,25,27-29H,16-19,35H2,1-2H3,(H,36,40)(H,37,43)(H,38,42)(H,39,41)/t25-,27-,28-,29+/m0/s1. The summed E-state index contributed by atoms with van der Waals surface area (Å²) in [4.78, 5) is 52.2. The number of nitrogens with one attached hydrogen (secondary N) is 4. The molecule has 10 heteroatoms. The molecule has 0 aliphatic carbocycles. The predicted molar refractivity (Wildman–Crippen MR) is 162 cm³/mol. The van der Waals surface area contributed by atoms with E-state index in [9.17, 15) is 23.6 Å². The van der Waals surface area contributed by atoms with Gasteiger partial charge in [0.25, 0.3) is 5.91 Å². The number of hydrogen-bond donors (Lipinski definition) is 5. The first-order chi connectivity index (χ1) is 20.6. The molecule has 6 N–H and O–H groups in total. The van der Waals surface area contributed by atoms with Crippen LogP contribution in [-0.2, 0) is 20.8 Å². The topological polar surface area (TPSA) is 142 Å². The van der Waals surface area contributed by atoms with Gasteiger partial charge in [0.15, 0.2) is 0 Å². The van der Waals surface area contributed by atoms with E-state index in [1.807, 2.05) is 42.5 Å². The van der Waals surface area contributed by atoms with Crippen molar-refractivity contribution in [3.8, 4) is 11.1 Å². The predicted octanol–water partition coefficient (Wildman–Crippen LogP) is 2.70. The number of benzene rings is 3. The summed E-state index contributed by atoms with van der Waals surface area (Å²) in [6.07, 6.45) is 0.769. The molecule has 226 valence electrons. The van der Waals surface area contributed by atoms with Gasteiger partial charge in [0, 0.05) is 30.5 Å². The van der Waals surface area contributed by atoms with Gasteiger partial charge in [-0.25, -0.2) is 4.39 Å². The average Bonchev–Trinajstić information content (AvgIpc) is 3.41. The molecule has 0 aromatic heterocycles. The van der Waals surface area contributed by atoms with Gasteiger partial charge >= 0.3 is 0 Å². The molecule has 4 atom stereocenters. The van der Waals surface area contributed by atoms with Gasteiger partial charge in [0.05, 0.1) is 6.04 Å². The van der Waals surface area contributed by atoms with Crippen molar-refractivity contribution in [1.29, 1.82) is 0 Å². The van der Waals surface area contributed by atoms with Crippen molar-refractivity contribution in [2.24, 2.45) is 11.7 Å². The van der Waals surface area contributed by atoms with Crippen LogP contribution in [-0.4, -0.2) is 54.3 Å². The van der Waals surface area contributed by atoms with Gasteiger partial charge in [-0.2, -0.15) is 0 Å². The quantitative estimate of drug-likeness (QED) is 0.222. The van der Waals surface area contributed by atoms with Crippen LogP contribution in [0.5, 0.6) is 0 Å². The number of carbonyl (C=O) groups is 4. The molecule has 0 unspecified atom stereocenters. The summed E-state index contributed by atoms with van der Waals surface area (Å²) in [5.41, 5.74) is 9.23. The number of hydrogen-bond acceptors (Lipinski definition) is 5. The minimum absolute atomic E-state index is 0.0595. The lowest BCUT2D eigenvalue weighted by Gasteiger charge is -2.29. The highest BCUT2D eigenvalue weighted by atomic mass is 19.1. The van der Waals surface area contributed by atoms with Crippen molar-refractivity contribution in [1.82, 2.24) is 21.3 Å². The Kier molecular flexibility index (Phi) is 10.6. The van der Waals surface area contributed by atoms with E-state index in [1.165, 1.54) is 12.1 Å². The molecule has 1 fully saturated rings. The van der Waals surface area contributed by atoms with Crippen molar-refractivity contribution in [3.63, 3.8) is 0 Å². The van der Waals surface area contributed by atoms with Crippen molar-refractivity contribution < 1.29 is 23.6 Å². The monoisotopic (exact) mass is 587 g/mol. The van der Waals surface area contributed by atoms with Crippen LogP contribution in [0.2, 0.25) is 0 Å². The van der Waals surface area contributed by atoms with Gasteiger partial charge in [-0.15, -0.1) is 0 Å². The number of carbonyl (C=O) groups excluding carboxylic acids is 4. The molecule has 3 aromatic rings. The fourth-order valence-corrected chi connectivity index (χ4v) is 5.07. The Bertz CT molecular complexity index is 1410. The SMILES string of the molecule is CC(C)NC(=O)[C@H](N)[C@H](C[C@@H]1CCNC1=O)NC(=O)[C@H](Cc1ccc(F)cc1)NC(=O)c1ccc(-c2ccccc2)cc1. The largest absolute Gasteiger partial charge is 0.356 e. The second kappa shape index (κ2) is 14.6. The minimum Gasteiger partial charge on any atom is -0.356 e. The van der Waals surface area contributed by atoms with Crippen LogP contribution >= 0.6 is 0 Å². The third kappa shape index (κ3) is 8.71. The molecule has 0 spiro atoms. The first-order valence-electron chi connectivity index (χ1n) is 14.5. The van der Waals surface area contributed by atoms with Crippen molar-refractivity contribution in [2.45, 2.75) is 57.3 Å². The maximum Gasteiger partial charge on any atom is 0.251 e. The molecular weight excluding hydrogens is 549 g/mol. The van der Waals surface area contributed by atoms with E-state index < -0.39 is 47.6 Å². The normalized spacial score (nSPS) is 16.6. The summed E-state index contributed by atoms with van der Waals surface area (Å²) in [6.45, 7) is 4.09. The van der Waals surface area contributed by atoms with E-state index >= 15 is 0 Å². The number of nitrogens with two attached hydrogens (primary N) is 1. The zero-order valence-corrected chi connectivity index (χ0v) is 24.3. The first kappa shape index (κ1) is 31.4. The summed E-state index contributed by atoms with van der Waals surface area (Å²) in [5.74, 6) is -2.52. The Morgan fingerprint density at radius 1 is 0.884 bits per heavy atom. The fraction of sp³-hybridized carbons (Fsp3) is 0.333. The van der Waals surface area contributed by atoms with E-state index in [0.717, 1.165) is 11.1 Å². The summed E-state index contributed by atoms with van der Waals surface area (Å²) in [6, 6.07) is 19.1. The van der Waals surface area contributed by atoms with Crippen molar-refractivity contribution in [3.05, 3.63) is 95.8 Å². The molecule has 4 amide bonds. The van der Waals surface area contributed by atoms with Crippen LogP contribution in [0.3, 0.4) is 0 Å². The zero-order chi connectivity index (χ0) is 30.9. The number of amides is 4. The number of rotatable bonds is 12. The van der Waals surface area contributed by atoms with Crippen LogP contribution in [0, 0.1) is 11.7 Å². The van der Waals surface area contributed by atoms with Crippen molar-refractivity contribution >= 4 is 23.6 Å². The average molecular weight is 588 g/mol. The molecule has 1 aliphatic heterocycles. The fourth-order valence-electron chi connectivity index (χ4n) is 5.07.